The van der Waals surface area contributed by atoms with E-state index in [9.17, 15) is 16.8 Å². The van der Waals surface area contributed by atoms with Gasteiger partial charge in [0.1, 0.15) is 6.33 Å². The number of sulfonamides is 1. The highest BCUT2D eigenvalue weighted by Crippen LogP contribution is 2.25. The lowest BCUT2D eigenvalue weighted by atomic mass is 10.0. The van der Waals surface area contributed by atoms with Gasteiger partial charge in [-0.05, 0) is 55.2 Å². The van der Waals surface area contributed by atoms with Crippen LogP contribution < -0.4 is 0 Å². The highest BCUT2D eigenvalue weighted by atomic mass is 32.2. The van der Waals surface area contributed by atoms with Gasteiger partial charge in [-0.25, -0.2) is 25.8 Å². The number of aromatic nitrogens is 2. The maximum absolute atomic E-state index is 13.0. The van der Waals surface area contributed by atoms with E-state index in [1.807, 2.05) is 6.92 Å². The zero-order valence-corrected chi connectivity index (χ0v) is 17.0. The molecule has 28 heavy (non-hydrogen) atoms. The number of hydrogen-bond donors (Lipinski definition) is 0. The molecule has 4 rings (SSSR count). The Kier molecular flexibility index (Phi) is 4.76. The third kappa shape index (κ3) is 3.23. The van der Waals surface area contributed by atoms with Crippen molar-refractivity contribution >= 4 is 31.1 Å². The van der Waals surface area contributed by atoms with E-state index in [0.717, 1.165) is 16.8 Å². The van der Waals surface area contributed by atoms with Crippen LogP contribution in [0.5, 0.6) is 0 Å². The molecule has 9 heteroatoms. The number of piperidine rings is 1. The van der Waals surface area contributed by atoms with Gasteiger partial charge in [0.05, 0.1) is 20.8 Å². The van der Waals surface area contributed by atoms with Crippen molar-refractivity contribution < 1.29 is 16.8 Å². The van der Waals surface area contributed by atoms with Crippen molar-refractivity contribution in [2.75, 3.05) is 13.1 Å². The van der Waals surface area contributed by atoms with Gasteiger partial charge in [0.15, 0.2) is 0 Å². The second-order valence-electron chi connectivity index (χ2n) is 7.12. The SMILES string of the molecule is CC1CCCN(S(=O)(=O)c2ccc(S(=O)(=O)n3cnc4ccccc43)cc2)C1. The lowest BCUT2D eigenvalue weighted by molar-refractivity contribution is 0.281. The average molecular weight is 420 g/mol. The summed E-state index contributed by atoms with van der Waals surface area (Å²) in [5.41, 5.74) is 1.05. The van der Waals surface area contributed by atoms with Crippen LogP contribution in [0.2, 0.25) is 0 Å². The zero-order valence-electron chi connectivity index (χ0n) is 15.4. The first-order valence-electron chi connectivity index (χ1n) is 9.08. The smallest absolute Gasteiger partial charge is 0.236 e. The van der Waals surface area contributed by atoms with E-state index in [4.69, 9.17) is 0 Å². The Morgan fingerprint density at radius 2 is 1.57 bits per heavy atom. The molecule has 1 fully saturated rings. The number of rotatable bonds is 4. The number of para-hydroxylation sites is 2. The van der Waals surface area contributed by atoms with Crippen molar-refractivity contribution in [3.8, 4) is 0 Å². The summed E-state index contributed by atoms with van der Waals surface area (Å²) < 4.78 is 54.3. The maximum atomic E-state index is 13.0. The van der Waals surface area contributed by atoms with Crippen molar-refractivity contribution in [2.45, 2.75) is 29.6 Å². The van der Waals surface area contributed by atoms with Crippen molar-refractivity contribution in [1.82, 2.24) is 13.3 Å². The van der Waals surface area contributed by atoms with Gasteiger partial charge in [-0.15, -0.1) is 0 Å². The maximum Gasteiger partial charge on any atom is 0.269 e. The topological polar surface area (TPSA) is 89.3 Å². The van der Waals surface area contributed by atoms with Gasteiger partial charge in [0.25, 0.3) is 10.0 Å². The molecule has 1 aromatic heterocycles. The van der Waals surface area contributed by atoms with Gasteiger partial charge in [0, 0.05) is 13.1 Å². The van der Waals surface area contributed by atoms with E-state index in [-0.39, 0.29) is 9.79 Å². The molecule has 0 N–H and O–H groups in total. The van der Waals surface area contributed by atoms with Crippen LogP contribution in [0.15, 0.2) is 64.6 Å². The Hall–Kier alpha value is -2.23. The lowest BCUT2D eigenvalue weighted by Crippen LogP contribution is -2.39. The Morgan fingerprint density at radius 3 is 2.25 bits per heavy atom. The third-order valence-electron chi connectivity index (χ3n) is 5.06. The molecule has 0 spiro atoms. The fourth-order valence-corrected chi connectivity index (χ4v) is 6.43. The fourth-order valence-electron chi connectivity index (χ4n) is 3.54. The highest BCUT2D eigenvalue weighted by molar-refractivity contribution is 7.90. The molecular formula is C19H21N3O4S2. The van der Waals surface area contributed by atoms with Crippen molar-refractivity contribution in [3.63, 3.8) is 0 Å². The van der Waals surface area contributed by atoms with Crippen LogP contribution >= 0.6 is 0 Å². The second kappa shape index (κ2) is 6.98. The second-order valence-corrected chi connectivity index (χ2v) is 10.9. The van der Waals surface area contributed by atoms with E-state index in [1.54, 1.807) is 24.3 Å². The van der Waals surface area contributed by atoms with E-state index < -0.39 is 20.0 Å². The number of benzene rings is 2. The summed E-state index contributed by atoms with van der Waals surface area (Å²) in [5, 5.41) is 0. The molecule has 0 radical (unpaired) electrons. The van der Waals surface area contributed by atoms with Crippen molar-refractivity contribution in [2.24, 2.45) is 5.92 Å². The van der Waals surface area contributed by atoms with Gasteiger partial charge < -0.3 is 0 Å². The molecule has 0 saturated carbocycles. The first-order valence-corrected chi connectivity index (χ1v) is 12.0. The summed E-state index contributed by atoms with van der Waals surface area (Å²) >= 11 is 0. The summed E-state index contributed by atoms with van der Waals surface area (Å²) in [6.45, 7) is 3.02. The van der Waals surface area contributed by atoms with Gasteiger partial charge >= 0.3 is 0 Å². The normalized spacial score (nSPS) is 19.1. The number of nitrogens with zero attached hydrogens (tertiary/aromatic N) is 3. The minimum atomic E-state index is -3.87. The Balaban J connectivity index is 1.68. The van der Waals surface area contributed by atoms with E-state index in [0.29, 0.717) is 30.0 Å². The molecule has 1 aliphatic heterocycles. The minimum absolute atomic E-state index is 0.0154. The molecule has 1 aliphatic rings. The molecule has 148 valence electrons. The number of hydrogen-bond acceptors (Lipinski definition) is 5. The number of imidazole rings is 1. The molecular weight excluding hydrogens is 398 g/mol. The lowest BCUT2D eigenvalue weighted by Gasteiger charge is -2.30. The third-order valence-corrected chi connectivity index (χ3v) is 8.62. The van der Waals surface area contributed by atoms with E-state index >= 15 is 0 Å². The predicted octanol–water partition coefficient (Wildman–Crippen LogP) is 2.69. The molecule has 3 aromatic rings. The summed E-state index contributed by atoms with van der Waals surface area (Å²) in [5.74, 6) is 0.317. The molecule has 7 nitrogen and oxygen atoms in total. The van der Waals surface area contributed by atoms with Crippen LogP contribution in [0.3, 0.4) is 0 Å². The van der Waals surface area contributed by atoms with Gasteiger partial charge in [-0.3, -0.25) is 0 Å². The standard InChI is InChI=1S/C19H21N3O4S2/c1-15-5-4-12-21(13-15)27(23,24)16-8-10-17(11-9-16)28(25,26)22-14-20-18-6-2-3-7-19(18)22/h2-3,6-11,14-15H,4-5,12-13H2,1H3. The molecule has 2 aromatic carbocycles. The molecule has 1 atom stereocenters. The first-order chi connectivity index (χ1) is 13.3. The Morgan fingerprint density at radius 1 is 0.929 bits per heavy atom. The zero-order chi connectivity index (χ0) is 19.9. The van der Waals surface area contributed by atoms with E-state index in [2.05, 4.69) is 4.98 Å². The van der Waals surface area contributed by atoms with Crippen molar-refractivity contribution in [1.29, 1.82) is 0 Å². The summed E-state index contributed by atoms with van der Waals surface area (Å²) in [4.78, 5) is 4.24. The van der Waals surface area contributed by atoms with Gasteiger partial charge in [0.2, 0.25) is 10.0 Å². The van der Waals surface area contributed by atoms with Crippen LogP contribution in [0.4, 0.5) is 0 Å². The van der Waals surface area contributed by atoms with Crippen LogP contribution in [0, 0.1) is 5.92 Å². The Bertz CT molecular complexity index is 1220. The number of fused-ring (bicyclic) bond motifs is 1. The summed E-state index contributed by atoms with van der Waals surface area (Å²) in [7, 11) is -7.50. The molecule has 0 aliphatic carbocycles. The molecule has 1 saturated heterocycles. The monoisotopic (exact) mass is 419 g/mol. The van der Waals surface area contributed by atoms with Crippen molar-refractivity contribution in [3.05, 3.63) is 54.9 Å². The largest absolute Gasteiger partial charge is 0.269 e. The predicted molar refractivity (Wildman–Crippen MR) is 106 cm³/mol. The molecule has 2 heterocycles. The summed E-state index contributed by atoms with van der Waals surface area (Å²) in [6.07, 6.45) is 3.11. The highest BCUT2D eigenvalue weighted by Gasteiger charge is 2.29. The van der Waals surface area contributed by atoms with Crippen LogP contribution in [-0.4, -0.2) is 43.2 Å². The van der Waals surface area contributed by atoms with Gasteiger partial charge in [-0.1, -0.05) is 19.1 Å². The molecule has 0 bridgehead atoms. The first kappa shape index (κ1) is 19.1. The Labute approximate surface area is 164 Å². The van der Waals surface area contributed by atoms with Crippen LogP contribution in [0.1, 0.15) is 19.8 Å². The average Bonchev–Trinajstić information content (AvgIpc) is 3.13. The van der Waals surface area contributed by atoms with Crippen LogP contribution in [0.25, 0.3) is 11.0 Å². The summed E-state index contributed by atoms with van der Waals surface area (Å²) in [6, 6.07) is 12.3. The van der Waals surface area contributed by atoms with Crippen LogP contribution in [-0.2, 0) is 20.0 Å². The fraction of sp³-hybridized carbons (Fsp3) is 0.316. The quantitative estimate of drug-likeness (QED) is 0.649. The molecule has 1 unspecified atom stereocenters. The van der Waals surface area contributed by atoms with Gasteiger partial charge in [-0.2, -0.15) is 4.31 Å². The minimum Gasteiger partial charge on any atom is -0.236 e. The molecule has 0 amide bonds. The van der Waals surface area contributed by atoms with E-state index in [1.165, 1.54) is 34.9 Å².